The van der Waals surface area contributed by atoms with Crippen LogP contribution in [0.25, 0.3) is 11.3 Å². The van der Waals surface area contributed by atoms with Crippen molar-refractivity contribution < 1.29 is 4.39 Å². The number of rotatable bonds is 3. The van der Waals surface area contributed by atoms with Crippen LogP contribution in [-0.4, -0.2) is 9.97 Å². The Kier molecular flexibility index (Phi) is 3.01. The van der Waals surface area contributed by atoms with Crippen LogP contribution in [0.4, 0.5) is 4.39 Å². The molecule has 84 valence electrons. The fourth-order valence-corrected chi connectivity index (χ4v) is 1.49. The van der Waals surface area contributed by atoms with Gasteiger partial charge in [0.05, 0.1) is 17.9 Å². The fraction of sp³-hybridized carbons (Fsp3) is 0.250. The third kappa shape index (κ3) is 2.12. The van der Waals surface area contributed by atoms with Crippen molar-refractivity contribution in [3.8, 4) is 11.3 Å². The number of hydrogen-bond donors (Lipinski definition) is 2. The molecule has 16 heavy (non-hydrogen) atoms. The molecule has 1 heterocycles. The molecule has 1 atom stereocenters. The number of imidazole rings is 1. The van der Waals surface area contributed by atoms with E-state index in [1.54, 1.807) is 18.3 Å². The number of aromatic amines is 1. The standard InChI is InChI=1S/C12H14FN3/c1-2-10(14)12-15-7-11(16-12)8-3-5-9(13)6-4-8/h3-7,10H,2,14H2,1H3,(H,15,16)/t10-/m0/s1. The van der Waals surface area contributed by atoms with Gasteiger partial charge in [0.1, 0.15) is 11.6 Å². The molecule has 1 aromatic carbocycles. The molecular weight excluding hydrogens is 205 g/mol. The van der Waals surface area contributed by atoms with E-state index in [0.29, 0.717) is 0 Å². The Bertz CT molecular complexity index is 461. The molecule has 0 amide bonds. The van der Waals surface area contributed by atoms with Gasteiger partial charge in [0, 0.05) is 0 Å². The topological polar surface area (TPSA) is 54.7 Å². The summed E-state index contributed by atoms with van der Waals surface area (Å²) in [6, 6.07) is 6.20. The van der Waals surface area contributed by atoms with Gasteiger partial charge in [-0.15, -0.1) is 0 Å². The van der Waals surface area contributed by atoms with E-state index in [4.69, 9.17) is 5.73 Å². The Morgan fingerprint density at radius 2 is 2.06 bits per heavy atom. The first-order valence-electron chi connectivity index (χ1n) is 5.27. The minimum Gasteiger partial charge on any atom is -0.341 e. The van der Waals surface area contributed by atoms with Crippen molar-refractivity contribution in [2.24, 2.45) is 5.73 Å². The summed E-state index contributed by atoms with van der Waals surface area (Å²) in [6.45, 7) is 2.00. The van der Waals surface area contributed by atoms with Crippen LogP contribution >= 0.6 is 0 Å². The number of H-pyrrole nitrogens is 1. The fourth-order valence-electron chi connectivity index (χ4n) is 1.49. The number of nitrogens with two attached hydrogens (primary N) is 1. The van der Waals surface area contributed by atoms with Gasteiger partial charge >= 0.3 is 0 Å². The third-order valence-electron chi connectivity index (χ3n) is 2.54. The van der Waals surface area contributed by atoms with Gasteiger partial charge in [0.15, 0.2) is 0 Å². The number of benzene rings is 1. The third-order valence-corrected chi connectivity index (χ3v) is 2.54. The van der Waals surface area contributed by atoms with Gasteiger partial charge in [0.25, 0.3) is 0 Å². The van der Waals surface area contributed by atoms with Crippen molar-refractivity contribution in [3.63, 3.8) is 0 Å². The van der Waals surface area contributed by atoms with Crippen LogP contribution in [0.3, 0.4) is 0 Å². The Morgan fingerprint density at radius 1 is 1.38 bits per heavy atom. The lowest BCUT2D eigenvalue weighted by Crippen LogP contribution is -2.10. The largest absolute Gasteiger partial charge is 0.341 e. The van der Waals surface area contributed by atoms with Crippen molar-refractivity contribution in [1.29, 1.82) is 0 Å². The van der Waals surface area contributed by atoms with E-state index >= 15 is 0 Å². The maximum atomic E-state index is 12.7. The Balaban J connectivity index is 2.28. The van der Waals surface area contributed by atoms with Crippen LogP contribution < -0.4 is 5.73 Å². The molecule has 0 fully saturated rings. The van der Waals surface area contributed by atoms with Gasteiger partial charge < -0.3 is 10.7 Å². The van der Waals surface area contributed by atoms with Crippen LogP contribution in [-0.2, 0) is 0 Å². The van der Waals surface area contributed by atoms with Crippen molar-refractivity contribution in [1.82, 2.24) is 9.97 Å². The number of halogens is 1. The summed E-state index contributed by atoms with van der Waals surface area (Å²) in [7, 11) is 0. The molecule has 0 aliphatic heterocycles. The predicted molar refractivity (Wildman–Crippen MR) is 61.2 cm³/mol. The molecule has 3 N–H and O–H groups in total. The first-order valence-corrected chi connectivity index (χ1v) is 5.27. The number of nitrogens with one attached hydrogen (secondary N) is 1. The van der Waals surface area contributed by atoms with Crippen molar-refractivity contribution in [2.45, 2.75) is 19.4 Å². The van der Waals surface area contributed by atoms with Gasteiger partial charge in [-0.1, -0.05) is 6.92 Å². The summed E-state index contributed by atoms with van der Waals surface area (Å²) in [5.41, 5.74) is 7.62. The summed E-state index contributed by atoms with van der Waals surface area (Å²) >= 11 is 0. The first-order chi connectivity index (χ1) is 7.70. The lowest BCUT2D eigenvalue weighted by molar-refractivity contribution is 0.628. The van der Waals surface area contributed by atoms with E-state index in [1.165, 1.54) is 12.1 Å². The molecule has 3 nitrogen and oxygen atoms in total. The highest BCUT2D eigenvalue weighted by Crippen LogP contribution is 2.19. The predicted octanol–water partition coefficient (Wildman–Crippen LogP) is 2.63. The Labute approximate surface area is 93.5 Å². The molecule has 0 saturated heterocycles. The average molecular weight is 219 g/mol. The van der Waals surface area contributed by atoms with E-state index in [1.807, 2.05) is 6.92 Å². The van der Waals surface area contributed by atoms with E-state index in [9.17, 15) is 4.39 Å². The molecule has 0 radical (unpaired) electrons. The average Bonchev–Trinajstić information content (AvgIpc) is 2.78. The zero-order valence-corrected chi connectivity index (χ0v) is 9.07. The number of nitrogens with zero attached hydrogens (tertiary/aromatic N) is 1. The molecule has 0 spiro atoms. The Hall–Kier alpha value is -1.68. The second kappa shape index (κ2) is 4.45. The molecule has 4 heteroatoms. The van der Waals surface area contributed by atoms with E-state index in [-0.39, 0.29) is 11.9 Å². The highest BCUT2D eigenvalue weighted by Gasteiger charge is 2.08. The zero-order valence-electron chi connectivity index (χ0n) is 9.07. The molecule has 0 saturated carbocycles. The summed E-state index contributed by atoms with van der Waals surface area (Å²) in [5.74, 6) is 0.524. The smallest absolute Gasteiger partial charge is 0.123 e. The highest BCUT2D eigenvalue weighted by molar-refractivity contribution is 5.58. The zero-order chi connectivity index (χ0) is 11.5. The van der Waals surface area contributed by atoms with E-state index in [2.05, 4.69) is 9.97 Å². The van der Waals surface area contributed by atoms with Crippen LogP contribution in [0.5, 0.6) is 0 Å². The summed E-state index contributed by atoms with van der Waals surface area (Å²) < 4.78 is 12.7. The summed E-state index contributed by atoms with van der Waals surface area (Å²) in [6.07, 6.45) is 2.55. The van der Waals surface area contributed by atoms with Crippen molar-refractivity contribution in [2.75, 3.05) is 0 Å². The molecule has 2 rings (SSSR count). The lowest BCUT2D eigenvalue weighted by atomic mass is 10.2. The van der Waals surface area contributed by atoms with Gasteiger partial charge in [-0.2, -0.15) is 0 Å². The summed E-state index contributed by atoms with van der Waals surface area (Å²) in [4.78, 5) is 7.35. The molecule has 1 aromatic heterocycles. The molecular formula is C12H14FN3. The van der Waals surface area contributed by atoms with Crippen LogP contribution in [0.15, 0.2) is 30.5 Å². The molecule has 0 bridgehead atoms. The first kappa shape index (κ1) is 10.8. The van der Waals surface area contributed by atoms with Crippen molar-refractivity contribution in [3.05, 3.63) is 42.1 Å². The molecule has 0 aliphatic rings. The minimum absolute atomic E-state index is 0.0748. The monoisotopic (exact) mass is 219 g/mol. The van der Waals surface area contributed by atoms with Crippen LogP contribution in [0, 0.1) is 5.82 Å². The quantitative estimate of drug-likeness (QED) is 0.833. The summed E-state index contributed by atoms with van der Waals surface area (Å²) in [5, 5.41) is 0. The van der Waals surface area contributed by atoms with Crippen LogP contribution in [0.1, 0.15) is 25.2 Å². The minimum atomic E-state index is -0.242. The SMILES string of the molecule is CC[C@H](N)c1ncc(-c2ccc(F)cc2)[nH]1. The molecule has 0 unspecified atom stereocenters. The van der Waals surface area contributed by atoms with Gasteiger partial charge in [-0.05, 0) is 36.2 Å². The molecule has 0 aliphatic carbocycles. The van der Waals surface area contributed by atoms with Gasteiger partial charge in [-0.3, -0.25) is 0 Å². The van der Waals surface area contributed by atoms with Gasteiger partial charge in [0.2, 0.25) is 0 Å². The lowest BCUT2D eigenvalue weighted by Gasteiger charge is -2.03. The van der Waals surface area contributed by atoms with E-state index < -0.39 is 0 Å². The maximum Gasteiger partial charge on any atom is 0.123 e. The number of aromatic nitrogens is 2. The Morgan fingerprint density at radius 3 is 2.69 bits per heavy atom. The normalized spacial score (nSPS) is 12.7. The maximum absolute atomic E-state index is 12.7. The highest BCUT2D eigenvalue weighted by atomic mass is 19.1. The van der Waals surface area contributed by atoms with Crippen molar-refractivity contribution >= 4 is 0 Å². The second-order valence-electron chi connectivity index (χ2n) is 3.70. The molecule has 2 aromatic rings. The van der Waals surface area contributed by atoms with Crippen LogP contribution in [0.2, 0.25) is 0 Å². The van der Waals surface area contributed by atoms with Gasteiger partial charge in [-0.25, -0.2) is 9.37 Å². The number of hydrogen-bond acceptors (Lipinski definition) is 2. The second-order valence-corrected chi connectivity index (χ2v) is 3.70. The van der Waals surface area contributed by atoms with E-state index in [0.717, 1.165) is 23.5 Å².